The van der Waals surface area contributed by atoms with Gasteiger partial charge in [-0.2, -0.15) is 5.10 Å². The van der Waals surface area contributed by atoms with E-state index in [0.717, 1.165) is 18.3 Å². The minimum absolute atomic E-state index is 0.420. The lowest BCUT2D eigenvalue weighted by Crippen LogP contribution is -2.35. The molecule has 0 bridgehead atoms. The fourth-order valence-corrected chi connectivity index (χ4v) is 2.04. The second kappa shape index (κ2) is 6.77. The van der Waals surface area contributed by atoms with Gasteiger partial charge in [0.25, 0.3) is 0 Å². The molecule has 0 aromatic carbocycles. The lowest BCUT2D eigenvalue weighted by molar-refractivity contribution is 0.312. The standard InChI is InChI=1S/C13H27N3/c1-11(2)14-15-13(4)16-9-6-5-7-12(3)8-10-16/h11-12,14H,5-10H2,1-4H3/b15-13+. The summed E-state index contributed by atoms with van der Waals surface area (Å²) in [5, 5.41) is 4.44. The van der Waals surface area contributed by atoms with Gasteiger partial charge in [-0.15, -0.1) is 0 Å². The second-order valence-electron chi connectivity index (χ2n) is 5.32. The van der Waals surface area contributed by atoms with E-state index in [4.69, 9.17) is 0 Å². The van der Waals surface area contributed by atoms with E-state index in [2.05, 4.69) is 43.1 Å². The van der Waals surface area contributed by atoms with Crippen LogP contribution in [-0.2, 0) is 0 Å². The molecular weight excluding hydrogens is 198 g/mol. The number of nitrogens with zero attached hydrogens (tertiary/aromatic N) is 2. The molecule has 1 aliphatic rings. The number of rotatable bonds is 2. The van der Waals surface area contributed by atoms with Crippen LogP contribution in [0.25, 0.3) is 0 Å². The monoisotopic (exact) mass is 225 g/mol. The van der Waals surface area contributed by atoms with Crippen molar-refractivity contribution >= 4 is 5.84 Å². The van der Waals surface area contributed by atoms with E-state index < -0.39 is 0 Å². The lowest BCUT2D eigenvalue weighted by atomic mass is 9.98. The molecule has 1 N–H and O–H groups in total. The van der Waals surface area contributed by atoms with Crippen molar-refractivity contribution in [3.05, 3.63) is 0 Å². The number of hydrogen-bond acceptors (Lipinski definition) is 2. The molecule has 0 aromatic heterocycles. The van der Waals surface area contributed by atoms with E-state index in [1.54, 1.807) is 0 Å². The number of nitrogens with one attached hydrogen (secondary N) is 1. The molecule has 16 heavy (non-hydrogen) atoms. The molecule has 0 saturated carbocycles. The van der Waals surface area contributed by atoms with Gasteiger partial charge in [-0.3, -0.25) is 0 Å². The third-order valence-electron chi connectivity index (χ3n) is 3.21. The maximum absolute atomic E-state index is 4.44. The minimum Gasteiger partial charge on any atom is -0.359 e. The number of likely N-dealkylation sites (tertiary alicyclic amines) is 1. The third kappa shape index (κ3) is 4.86. The van der Waals surface area contributed by atoms with Crippen LogP contribution in [0.15, 0.2) is 5.10 Å². The zero-order valence-electron chi connectivity index (χ0n) is 11.3. The zero-order valence-corrected chi connectivity index (χ0v) is 11.3. The molecule has 1 atom stereocenters. The van der Waals surface area contributed by atoms with E-state index in [9.17, 15) is 0 Å². The van der Waals surface area contributed by atoms with Crippen LogP contribution < -0.4 is 5.43 Å². The van der Waals surface area contributed by atoms with E-state index >= 15 is 0 Å². The van der Waals surface area contributed by atoms with Crippen LogP contribution in [0.3, 0.4) is 0 Å². The fourth-order valence-electron chi connectivity index (χ4n) is 2.04. The Morgan fingerprint density at radius 3 is 2.69 bits per heavy atom. The predicted molar refractivity (Wildman–Crippen MR) is 70.6 cm³/mol. The van der Waals surface area contributed by atoms with Crippen LogP contribution in [0.5, 0.6) is 0 Å². The highest BCUT2D eigenvalue weighted by Crippen LogP contribution is 2.16. The zero-order chi connectivity index (χ0) is 12.0. The quantitative estimate of drug-likeness (QED) is 0.444. The molecule has 1 aliphatic heterocycles. The summed E-state index contributed by atoms with van der Waals surface area (Å²) in [6.45, 7) is 11.0. The topological polar surface area (TPSA) is 27.6 Å². The van der Waals surface area contributed by atoms with Crippen molar-refractivity contribution in [2.45, 2.75) is 59.4 Å². The summed E-state index contributed by atoms with van der Waals surface area (Å²) >= 11 is 0. The molecule has 1 rings (SSSR count). The summed E-state index contributed by atoms with van der Waals surface area (Å²) in [6, 6.07) is 0.420. The van der Waals surface area contributed by atoms with Crippen molar-refractivity contribution in [1.82, 2.24) is 10.3 Å². The first-order valence-corrected chi connectivity index (χ1v) is 6.64. The van der Waals surface area contributed by atoms with Gasteiger partial charge in [-0.05, 0) is 39.5 Å². The first kappa shape index (κ1) is 13.3. The minimum atomic E-state index is 0.420. The average Bonchev–Trinajstić information content (AvgIpc) is 2.21. The second-order valence-corrected chi connectivity index (χ2v) is 5.32. The van der Waals surface area contributed by atoms with E-state index in [0.29, 0.717) is 6.04 Å². The molecule has 3 nitrogen and oxygen atoms in total. The molecule has 1 saturated heterocycles. The number of hydrogen-bond donors (Lipinski definition) is 1. The number of amidine groups is 1. The van der Waals surface area contributed by atoms with Crippen LogP contribution in [0.2, 0.25) is 0 Å². The van der Waals surface area contributed by atoms with Crippen LogP contribution in [0, 0.1) is 5.92 Å². The van der Waals surface area contributed by atoms with Crippen molar-refractivity contribution in [3.8, 4) is 0 Å². The van der Waals surface area contributed by atoms with Gasteiger partial charge in [0.05, 0.1) is 0 Å². The molecule has 0 spiro atoms. The highest BCUT2D eigenvalue weighted by atomic mass is 15.4. The highest BCUT2D eigenvalue weighted by molar-refractivity contribution is 5.79. The van der Waals surface area contributed by atoms with Gasteiger partial charge >= 0.3 is 0 Å². The van der Waals surface area contributed by atoms with Gasteiger partial charge in [0, 0.05) is 19.1 Å². The Bertz CT molecular complexity index is 223. The summed E-state index contributed by atoms with van der Waals surface area (Å²) in [6.07, 6.45) is 5.37. The smallest absolute Gasteiger partial charge is 0.121 e. The Hall–Kier alpha value is -0.730. The van der Waals surface area contributed by atoms with Crippen molar-refractivity contribution < 1.29 is 0 Å². The first-order valence-electron chi connectivity index (χ1n) is 6.64. The Morgan fingerprint density at radius 2 is 2.00 bits per heavy atom. The predicted octanol–water partition coefficient (Wildman–Crippen LogP) is 2.83. The maximum Gasteiger partial charge on any atom is 0.121 e. The van der Waals surface area contributed by atoms with E-state index in [1.807, 2.05) is 0 Å². The normalized spacial score (nSPS) is 24.2. The van der Waals surface area contributed by atoms with Gasteiger partial charge in [-0.25, -0.2) is 0 Å². The van der Waals surface area contributed by atoms with Crippen LogP contribution in [-0.4, -0.2) is 29.9 Å². The lowest BCUT2D eigenvalue weighted by Gasteiger charge is -2.28. The molecule has 0 aromatic rings. The summed E-state index contributed by atoms with van der Waals surface area (Å²) in [4.78, 5) is 2.42. The van der Waals surface area contributed by atoms with Crippen molar-refractivity contribution in [2.75, 3.05) is 13.1 Å². The average molecular weight is 225 g/mol. The Balaban J connectivity index is 2.46. The van der Waals surface area contributed by atoms with Gasteiger partial charge < -0.3 is 10.3 Å². The Morgan fingerprint density at radius 1 is 1.25 bits per heavy atom. The summed E-state index contributed by atoms with van der Waals surface area (Å²) in [5.41, 5.74) is 3.14. The van der Waals surface area contributed by atoms with Gasteiger partial charge in [0.15, 0.2) is 0 Å². The third-order valence-corrected chi connectivity index (χ3v) is 3.21. The molecule has 1 unspecified atom stereocenters. The molecule has 0 amide bonds. The highest BCUT2D eigenvalue weighted by Gasteiger charge is 2.13. The number of hydrazone groups is 1. The molecule has 1 heterocycles. The molecular formula is C13H27N3. The molecule has 94 valence electrons. The molecule has 3 heteroatoms. The Kier molecular flexibility index (Phi) is 5.64. The van der Waals surface area contributed by atoms with Crippen molar-refractivity contribution in [1.29, 1.82) is 0 Å². The molecule has 0 aliphatic carbocycles. The van der Waals surface area contributed by atoms with Crippen molar-refractivity contribution in [2.24, 2.45) is 11.0 Å². The maximum atomic E-state index is 4.44. The van der Waals surface area contributed by atoms with Crippen molar-refractivity contribution in [3.63, 3.8) is 0 Å². The van der Waals surface area contributed by atoms with Gasteiger partial charge in [0.1, 0.15) is 5.84 Å². The first-order chi connectivity index (χ1) is 7.59. The van der Waals surface area contributed by atoms with Crippen LogP contribution >= 0.6 is 0 Å². The Labute approximate surface area is 100 Å². The largest absolute Gasteiger partial charge is 0.359 e. The fraction of sp³-hybridized carbons (Fsp3) is 0.923. The van der Waals surface area contributed by atoms with Gasteiger partial charge in [-0.1, -0.05) is 19.8 Å². The summed E-state index contributed by atoms with van der Waals surface area (Å²) in [7, 11) is 0. The summed E-state index contributed by atoms with van der Waals surface area (Å²) < 4.78 is 0. The summed E-state index contributed by atoms with van der Waals surface area (Å²) in [5.74, 6) is 2.01. The molecule has 1 fully saturated rings. The van der Waals surface area contributed by atoms with E-state index in [1.165, 1.54) is 32.2 Å². The molecule has 0 radical (unpaired) electrons. The van der Waals surface area contributed by atoms with E-state index in [-0.39, 0.29) is 0 Å². The van der Waals surface area contributed by atoms with Gasteiger partial charge in [0.2, 0.25) is 0 Å². The van der Waals surface area contributed by atoms with Crippen LogP contribution in [0.4, 0.5) is 0 Å². The van der Waals surface area contributed by atoms with Crippen LogP contribution in [0.1, 0.15) is 53.4 Å². The SMILES string of the molecule is C/C(=N\NC(C)C)N1CCCCC(C)CC1.